The lowest BCUT2D eigenvalue weighted by Crippen LogP contribution is -0.856. The average molecular weight is 97.2 g/mol. The van der Waals surface area contributed by atoms with Crippen molar-refractivity contribution < 1.29 is 0 Å². The Labute approximate surface area is 41.8 Å². The first-order valence-electron chi connectivity index (χ1n) is 1.00. The van der Waals surface area contributed by atoms with Crippen LogP contribution in [0.25, 0.3) is 0 Å². The van der Waals surface area contributed by atoms with Gasteiger partial charge < -0.3 is 6.15 Å². The molecule has 0 atom stereocenters. The summed E-state index contributed by atoms with van der Waals surface area (Å²) in [5.74, 6) is 0. The Morgan fingerprint density at radius 1 is 1.00 bits per heavy atom. The molecule has 5 heavy (non-hydrogen) atoms. The van der Waals surface area contributed by atoms with Crippen molar-refractivity contribution in [3.8, 4) is 0 Å². The Kier molecular flexibility index (Phi) is 5650. The summed E-state index contributed by atoms with van der Waals surface area (Å²) in [4.78, 5) is 0. The molecular weight excluding hydrogens is 82.1 g/mol. The third kappa shape index (κ3) is 239. The van der Waals surface area contributed by atoms with Crippen molar-refractivity contribution in [2.24, 2.45) is 0 Å². The molecular formula is C3H15NS. The predicted octanol–water partition coefficient (Wildman–Crippen LogP) is 1.94. The van der Waals surface area contributed by atoms with E-state index in [0.29, 0.717) is 0 Å². The third-order valence-electron chi connectivity index (χ3n) is 0. The standard InChI is InChI=1S/C2H6.CH4.H3N.H2S/c1-2;;;/h1-2H3;1H4;1H3;1H2. The maximum Gasteiger partial charge on any atom is -0.0683 e. The van der Waals surface area contributed by atoms with Crippen LogP contribution in [-0.2, 0) is 0 Å². The largest absolute Gasteiger partial charge is 0.344 e. The van der Waals surface area contributed by atoms with Gasteiger partial charge in [-0.2, -0.15) is 13.5 Å². The summed E-state index contributed by atoms with van der Waals surface area (Å²) in [6.45, 7) is 4.00. The molecule has 2 heteroatoms. The summed E-state index contributed by atoms with van der Waals surface area (Å²) in [5.41, 5.74) is 0. The molecule has 0 rings (SSSR count). The maximum absolute atomic E-state index is 2.00. The smallest absolute Gasteiger partial charge is 0.0683 e. The molecule has 0 aliphatic heterocycles. The van der Waals surface area contributed by atoms with E-state index < -0.39 is 0 Å². The normalized spacial score (nSPS) is 1.20. The quantitative estimate of drug-likeness (QED) is 0.492. The molecule has 3 N–H and O–H groups in total. The zero-order valence-electron chi connectivity index (χ0n) is 3.21. The van der Waals surface area contributed by atoms with Crippen molar-refractivity contribution in [1.29, 1.82) is 0 Å². The van der Waals surface area contributed by atoms with Gasteiger partial charge in [0.1, 0.15) is 0 Å². The highest BCUT2D eigenvalue weighted by Gasteiger charge is 0.932. The molecule has 1 nitrogen and oxygen atoms in total. The van der Waals surface area contributed by atoms with Crippen LogP contribution in [0.3, 0.4) is 0 Å². The maximum atomic E-state index is 2.00. The van der Waals surface area contributed by atoms with E-state index in [1.165, 1.54) is 0 Å². The fourth-order valence-corrected chi connectivity index (χ4v) is 0. The summed E-state index contributed by atoms with van der Waals surface area (Å²) < 4.78 is 0. The van der Waals surface area contributed by atoms with Gasteiger partial charge in [-0.05, 0) is 0 Å². The number of hydrogen-bond acceptors (Lipinski definition) is 1. The molecule has 0 aromatic carbocycles. The molecule has 0 heterocycles. The fraction of sp³-hybridized carbons (Fsp3) is 1.00. The molecule has 0 aromatic heterocycles. The van der Waals surface area contributed by atoms with E-state index in [-0.39, 0.29) is 27.1 Å². The lowest BCUT2D eigenvalue weighted by molar-refractivity contribution is 1.50. The Hall–Kier alpha value is 0.310. The van der Waals surface area contributed by atoms with Gasteiger partial charge >= 0.3 is 0 Å². The van der Waals surface area contributed by atoms with E-state index in [4.69, 9.17) is 0 Å². The summed E-state index contributed by atoms with van der Waals surface area (Å²) in [6, 6.07) is 0. The van der Waals surface area contributed by atoms with E-state index in [0.717, 1.165) is 0 Å². The topological polar surface area (TPSA) is 35.0 Å². The number of hydrogen-bond donors (Lipinski definition) is 1. The average Bonchev–Trinajstić information content (AvgIpc) is 1.00. The molecule has 0 aliphatic carbocycles. The molecule has 0 spiro atoms. The molecule has 0 aromatic rings. The third-order valence-corrected chi connectivity index (χ3v) is 0. The van der Waals surface area contributed by atoms with Crippen LogP contribution in [0.1, 0.15) is 21.3 Å². The molecule has 0 aliphatic rings. The van der Waals surface area contributed by atoms with E-state index in [1.807, 2.05) is 13.8 Å². The van der Waals surface area contributed by atoms with E-state index in [2.05, 4.69) is 0 Å². The second-order valence-corrected chi connectivity index (χ2v) is 0. The Balaban J connectivity index is -0.00000000167. The lowest BCUT2D eigenvalue weighted by atomic mass is 11.0. The molecule has 0 unspecified atom stereocenters. The van der Waals surface area contributed by atoms with Crippen LogP contribution in [0, 0.1) is 0 Å². The van der Waals surface area contributed by atoms with Crippen molar-refractivity contribution in [2.45, 2.75) is 21.3 Å². The summed E-state index contributed by atoms with van der Waals surface area (Å²) in [5, 5.41) is 0. The van der Waals surface area contributed by atoms with Crippen LogP contribution in [-0.4, -0.2) is 0 Å². The minimum Gasteiger partial charge on any atom is -0.344 e. The summed E-state index contributed by atoms with van der Waals surface area (Å²) in [7, 11) is 0. The summed E-state index contributed by atoms with van der Waals surface area (Å²) in [6.07, 6.45) is 0. The predicted molar refractivity (Wildman–Crippen MR) is 33.5 cm³/mol. The van der Waals surface area contributed by atoms with Crippen molar-refractivity contribution >= 4 is 13.5 Å². The van der Waals surface area contributed by atoms with Gasteiger partial charge in [0.25, 0.3) is 0 Å². The van der Waals surface area contributed by atoms with Gasteiger partial charge in [0.15, 0.2) is 0 Å². The van der Waals surface area contributed by atoms with E-state index in [1.54, 1.807) is 0 Å². The molecule has 0 fully saturated rings. The van der Waals surface area contributed by atoms with Crippen molar-refractivity contribution in [1.82, 2.24) is 6.15 Å². The second-order valence-electron chi connectivity index (χ2n) is 0. The highest BCUT2D eigenvalue weighted by atomic mass is 32.1. The van der Waals surface area contributed by atoms with Gasteiger partial charge in [0.05, 0.1) is 0 Å². The fourth-order valence-electron chi connectivity index (χ4n) is 0. The second kappa shape index (κ2) is 491. The van der Waals surface area contributed by atoms with Crippen molar-refractivity contribution in [3.63, 3.8) is 0 Å². The summed E-state index contributed by atoms with van der Waals surface area (Å²) >= 11 is 0. The van der Waals surface area contributed by atoms with Crippen LogP contribution in [0.2, 0.25) is 0 Å². The molecule has 0 bridgehead atoms. The van der Waals surface area contributed by atoms with E-state index >= 15 is 0 Å². The highest BCUT2D eigenvalue weighted by Crippen LogP contribution is 1.14. The Morgan fingerprint density at radius 3 is 1.00 bits per heavy atom. The van der Waals surface area contributed by atoms with E-state index in [9.17, 15) is 0 Å². The van der Waals surface area contributed by atoms with Crippen LogP contribution < -0.4 is 6.15 Å². The van der Waals surface area contributed by atoms with Crippen LogP contribution >= 0.6 is 13.5 Å². The van der Waals surface area contributed by atoms with Crippen LogP contribution in [0.4, 0.5) is 0 Å². The first-order chi connectivity index (χ1) is 1.00. The van der Waals surface area contributed by atoms with Crippen molar-refractivity contribution in [3.05, 3.63) is 0 Å². The molecule has 38 valence electrons. The first kappa shape index (κ1) is 57.5. The van der Waals surface area contributed by atoms with Gasteiger partial charge in [-0.25, -0.2) is 0 Å². The Morgan fingerprint density at radius 2 is 1.00 bits per heavy atom. The van der Waals surface area contributed by atoms with Crippen LogP contribution in [0.5, 0.6) is 0 Å². The van der Waals surface area contributed by atoms with Crippen LogP contribution in [0.15, 0.2) is 0 Å². The lowest BCUT2D eigenvalue weighted by Gasteiger charge is -1.07. The molecule has 0 radical (unpaired) electrons. The number of rotatable bonds is 0. The zero-order valence-corrected chi connectivity index (χ0v) is 4.21. The van der Waals surface area contributed by atoms with Gasteiger partial charge in [-0.1, -0.05) is 21.3 Å². The highest BCUT2D eigenvalue weighted by molar-refractivity contribution is 7.59. The molecule has 0 saturated heterocycles. The monoisotopic (exact) mass is 97.1 g/mol. The van der Waals surface area contributed by atoms with Gasteiger partial charge in [-0.3, -0.25) is 0 Å². The first-order valence-corrected chi connectivity index (χ1v) is 1.00. The Bertz CT molecular complexity index is 6.85. The molecule has 0 amide bonds. The van der Waals surface area contributed by atoms with Gasteiger partial charge in [0, 0.05) is 0 Å². The minimum atomic E-state index is 0. The minimum absolute atomic E-state index is 0. The molecule has 0 saturated carbocycles. The SMILES string of the molecule is C.CC.N.S. The van der Waals surface area contributed by atoms with Gasteiger partial charge in [0.2, 0.25) is 0 Å². The van der Waals surface area contributed by atoms with Crippen molar-refractivity contribution in [2.75, 3.05) is 0 Å². The zero-order chi connectivity index (χ0) is 2.00. The van der Waals surface area contributed by atoms with Gasteiger partial charge in [-0.15, -0.1) is 0 Å².